The summed E-state index contributed by atoms with van der Waals surface area (Å²) in [4.78, 5) is 31.9. The number of halogens is 4. The number of aryl methyl sites for hydroxylation is 1. The molecule has 14 heteroatoms. The standard InChI is InChI=1S/C21H24FN5O2.C11H12F3N3/c1-12-6-15(11-28)4-5-26(12)19-8-16(7-18(22)17(19)9-23)21-13(2)25-27(14(21)3)10-20(24)29;1-16-10(15)7-4-5-8(11(12,13)14)17-9(7)6-2-3-6/h7-8,11-12,15H,4-6,10H2,1-3H3,(H2,24,29);4-6H,2-3H2,1H3,(H2,15,16). The summed E-state index contributed by atoms with van der Waals surface area (Å²) in [6, 6.07) is 7.40. The highest BCUT2D eigenvalue weighted by Gasteiger charge is 2.36. The normalized spacial score (nSPS) is 18.4. The van der Waals surface area contributed by atoms with Gasteiger partial charge in [0.2, 0.25) is 5.91 Å². The third-order valence-electron chi connectivity index (χ3n) is 8.27. The van der Waals surface area contributed by atoms with Crippen LogP contribution in [0.5, 0.6) is 0 Å². The lowest BCUT2D eigenvalue weighted by molar-refractivity contribution is -0.141. The van der Waals surface area contributed by atoms with Crippen LogP contribution in [0.15, 0.2) is 29.3 Å². The Morgan fingerprint density at radius 3 is 2.43 bits per heavy atom. The minimum atomic E-state index is -4.42. The van der Waals surface area contributed by atoms with Gasteiger partial charge in [-0.15, -0.1) is 0 Å². The van der Waals surface area contributed by atoms with E-state index >= 15 is 0 Å². The zero-order valence-electron chi connectivity index (χ0n) is 26.0. The Morgan fingerprint density at radius 1 is 1.20 bits per heavy atom. The number of carbonyl (C=O) groups is 2. The van der Waals surface area contributed by atoms with Gasteiger partial charge in [-0.1, -0.05) is 0 Å². The van der Waals surface area contributed by atoms with Gasteiger partial charge in [0.05, 0.1) is 17.1 Å². The number of aromatic nitrogens is 3. The van der Waals surface area contributed by atoms with Gasteiger partial charge in [-0.3, -0.25) is 14.5 Å². The van der Waals surface area contributed by atoms with Gasteiger partial charge in [0.1, 0.15) is 41.8 Å². The van der Waals surface area contributed by atoms with Crippen molar-refractivity contribution in [2.45, 2.75) is 71.1 Å². The molecule has 4 N–H and O–H groups in total. The van der Waals surface area contributed by atoms with Crippen molar-refractivity contribution in [2.24, 2.45) is 22.4 Å². The number of amidine groups is 1. The number of primary amides is 1. The van der Waals surface area contributed by atoms with Crippen molar-refractivity contribution in [3.8, 4) is 17.2 Å². The second-order valence-electron chi connectivity index (χ2n) is 11.6. The summed E-state index contributed by atoms with van der Waals surface area (Å²) in [6.45, 7) is 6.07. The molecule has 0 radical (unpaired) electrons. The highest BCUT2D eigenvalue weighted by molar-refractivity contribution is 5.98. The number of nitrogens with zero attached hydrogens (tertiary/aromatic N) is 6. The molecule has 0 bridgehead atoms. The lowest BCUT2D eigenvalue weighted by Gasteiger charge is -2.38. The van der Waals surface area contributed by atoms with Gasteiger partial charge in [-0.05, 0) is 76.3 Å². The fraction of sp³-hybridized carbons (Fsp3) is 0.438. The van der Waals surface area contributed by atoms with E-state index in [1.807, 2.05) is 17.9 Å². The number of pyridine rings is 1. The molecule has 1 aliphatic heterocycles. The molecule has 5 rings (SSSR count). The molecule has 46 heavy (non-hydrogen) atoms. The van der Waals surface area contributed by atoms with Gasteiger partial charge in [0.15, 0.2) is 0 Å². The SMILES string of the molecule is CN=C(N)c1ccc(C(F)(F)F)nc1C1CC1.Cc1nn(CC(N)=O)c(C)c1-c1cc(F)c(C#N)c(N2CCC(C=O)CC2C)c1. The van der Waals surface area contributed by atoms with E-state index < -0.39 is 23.6 Å². The van der Waals surface area contributed by atoms with E-state index in [1.165, 1.54) is 23.9 Å². The largest absolute Gasteiger partial charge is 0.433 e. The maximum absolute atomic E-state index is 14.9. The van der Waals surface area contributed by atoms with Crippen LogP contribution < -0.4 is 16.4 Å². The van der Waals surface area contributed by atoms with Gasteiger partial charge in [-0.25, -0.2) is 9.37 Å². The molecule has 1 aromatic carbocycles. The third kappa shape index (κ3) is 7.35. The summed E-state index contributed by atoms with van der Waals surface area (Å²) in [5.74, 6) is -0.816. The van der Waals surface area contributed by atoms with Crippen LogP contribution in [0, 0.1) is 36.9 Å². The van der Waals surface area contributed by atoms with Crippen LogP contribution >= 0.6 is 0 Å². The van der Waals surface area contributed by atoms with E-state index in [1.54, 1.807) is 19.9 Å². The molecule has 2 fully saturated rings. The van der Waals surface area contributed by atoms with Gasteiger partial charge in [0.25, 0.3) is 0 Å². The summed E-state index contributed by atoms with van der Waals surface area (Å²) < 4.78 is 54.0. The molecule has 1 aliphatic carbocycles. The van der Waals surface area contributed by atoms with Crippen molar-refractivity contribution < 1.29 is 27.2 Å². The maximum atomic E-state index is 14.9. The molecule has 1 saturated heterocycles. The second kappa shape index (κ2) is 13.7. The Balaban J connectivity index is 0.000000240. The number of hydrogen-bond donors (Lipinski definition) is 2. The van der Waals surface area contributed by atoms with Crippen LogP contribution in [0.25, 0.3) is 11.1 Å². The lowest BCUT2D eigenvalue weighted by Crippen LogP contribution is -2.41. The van der Waals surface area contributed by atoms with Crippen molar-refractivity contribution in [3.63, 3.8) is 0 Å². The number of hydrogen-bond acceptors (Lipinski definition) is 7. The summed E-state index contributed by atoms with van der Waals surface area (Å²) in [7, 11) is 1.50. The number of carbonyl (C=O) groups excluding carboxylic acids is 2. The third-order valence-corrected chi connectivity index (χ3v) is 8.27. The van der Waals surface area contributed by atoms with E-state index in [0.717, 1.165) is 25.2 Å². The van der Waals surface area contributed by atoms with E-state index in [0.29, 0.717) is 58.8 Å². The highest BCUT2D eigenvalue weighted by Crippen LogP contribution is 2.42. The zero-order chi connectivity index (χ0) is 33.9. The molecule has 1 amide bonds. The van der Waals surface area contributed by atoms with Crippen LogP contribution in [0.2, 0.25) is 0 Å². The molecule has 244 valence electrons. The number of aliphatic imine (C=N–C) groups is 1. The van der Waals surface area contributed by atoms with Crippen LogP contribution in [-0.4, -0.2) is 52.4 Å². The Bertz CT molecular complexity index is 1710. The Labute approximate surface area is 264 Å². The van der Waals surface area contributed by atoms with Gasteiger partial charge in [-0.2, -0.15) is 23.5 Å². The van der Waals surface area contributed by atoms with E-state index in [-0.39, 0.29) is 35.8 Å². The van der Waals surface area contributed by atoms with Gasteiger partial charge < -0.3 is 21.2 Å². The highest BCUT2D eigenvalue weighted by atomic mass is 19.4. The van der Waals surface area contributed by atoms with E-state index in [2.05, 4.69) is 15.1 Å². The molecular weight excluding hydrogens is 604 g/mol. The summed E-state index contributed by atoms with van der Waals surface area (Å²) in [5, 5.41) is 13.9. The number of amides is 1. The van der Waals surface area contributed by atoms with Crippen LogP contribution in [0.3, 0.4) is 0 Å². The van der Waals surface area contributed by atoms with E-state index in [4.69, 9.17) is 11.5 Å². The molecule has 1 saturated carbocycles. The number of benzene rings is 1. The number of anilines is 1. The molecule has 2 atom stereocenters. The first-order chi connectivity index (χ1) is 21.7. The van der Waals surface area contributed by atoms with Crippen LogP contribution in [0.4, 0.5) is 23.2 Å². The minimum Gasteiger partial charge on any atom is -0.383 e. The summed E-state index contributed by atoms with van der Waals surface area (Å²) in [5.41, 5.74) is 14.2. The molecule has 10 nitrogen and oxygen atoms in total. The van der Waals surface area contributed by atoms with Crippen molar-refractivity contribution in [1.82, 2.24) is 14.8 Å². The molecule has 3 heterocycles. The Morgan fingerprint density at radius 2 is 1.89 bits per heavy atom. The van der Waals surface area contributed by atoms with Crippen molar-refractivity contribution in [3.05, 3.63) is 64.0 Å². The van der Waals surface area contributed by atoms with Crippen molar-refractivity contribution in [1.29, 1.82) is 5.26 Å². The Hall–Kier alpha value is -4.80. The fourth-order valence-corrected chi connectivity index (χ4v) is 5.82. The molecule has 0 spiro atoms. The summed E-state index contributed by atoms with van der Waals surface area (Å²) >= 11 is 0. The number of nitriles is 1. The minimum absolute atomic E-state index is 0.000443. The fourth-order valence-electron chi connectivity index (χ4n) is 5.82. The summed E-state index contributed by atoms with van der Waals surface area (Å²) in [6.07, 6.45) is -0.402. The molecule has 2 unspecified atom stereocenters. The first-order valence-corrected chi connectivity index (χ1v) is 14.8. The maximum Gasteiger partial charge on any atom is 0.433 e. The monoisotopic (exact) mass is 640 g/mol. The Kier molecular flexibility index (Phi) is 10.1. The number of alkyl halides is 3. The molecular formula is C32H36F4N8O2. The van der Waals surface area contributed by atoms with Crippen molar-refractivity contribution >= 4 is 23.7 Å². The number of piperidine rings is 1. The van der Waals surface area contributed by atoms with Crippen LogP contribution in [0.1, 0.15) is 72.4 Å². The molecule has 3 aromatic rings. The van der Waals surface area contributed by atoms with Crippen molar-refractivity contribution in [2.75, 3.05) is 18.5 Å². The van der Waals surface area contributed by atoms with E-state index in [9.17, 15) is 32.4 Å². The average Bonchev–Trinajstić information content (AvgIpc) is 3.81. The number of rotatable bonds is 7. The quantitative estimate of drug-likeness (QED) is 0.163. The van der Waals surface area contributed by atoms with Gasteiger partial charge in [0, 0.05) is 48.3 Å². The number of aldehydes is 1. The second-order valence-corrected chi connectivity index (χ2v) is 11.6. The molecule has 2 aliphatic rings. The topological polar surface area (TPSA) is 156 Å². The predicted octanol–water partition coefficient (Wildman–Crippen LogP) is 4.78. The predicted molar refractivity (Wildman–Crippen MR) is 164 cm³/mol. The first kappa shape index (κ1) is 34.1. The lowest BCUT2D eigenvalue weighted by atomic mass is 9.91. The molecule has 2 aromatic heterocycles. The smallest absolute Gasteiger partial charge is 0.383 e. The zero-order valence-corrected chi connectivity index (χ0v) is 26.0. The van der Waals surface area contributed by atoms with Gasteiger partial charge >= 0.3 is 6.18 Å². The van der Waals surface area contributed by atoms with Crippen LogP contribution in [-0.2, 0) is 22.3 Å². The first-order valence-electron chi connectivity index (χ1n) is 14.8. The number of nitrogens with two attached hydrogens (primary N) is 2. The average molecular weight is 641 g/mol.